The van der Waals surface area contributed by atoms with Gasteiger partial charge < -0.3 is 19.7 Å². The van der Waals surface area contributed by atoms with Crippen molar-refractivity contribution in [2.75, 3.05) is 32.1 Å². The Morgan fingerprint density at radius 3 is 2.55 bits per heavy atom. The SMILES string of the molecule is CCc1ccccc1NC(=O)CN(C)C(=O)COC(=O)COc1cccc(Cl)c1. The minimum absolute atomic E-state index is 0.159. The van der Waals surface area contributed by atoms with Gasteiger partial charge in [0.1, 0.15) is 5.75 Å². The molecule has 7 nitrogen and oxygen atoms in total. The average Bonchev–Trinajstić information content (AvgIpc) is 2.70. The van der Waals surface area contributed by atoms with Gasteiger partial charge in [0.15, 0.2) is 13.2 Å². The van der Waals surface area contributed by atoms with Crippen LogP contribution < -0.4 is 10.1 Å². The number of nitrogens with zero attached hydrogens (tertiary/aromatic N) is 1. The minimum atomic E-state index is -0.701. The Balaban J connectivity index is 1.73. The Hall–Kier alpha value is -3.06. The zero-order chi connectivity index (χ0) is 21.2. The normalized spacial score (nSPS) is 10.2. The lowest BCUT2D eigenvalue weighted by Gasteiger charge is -2.17. The summed E-state index contributed by atoms with van der Waals surface area (Å²) in [4.78, 5) is 37.2. The lowest BCUT2D eigenvalue weighted by Crippen LogP contribution is -2.37. The number of halogens is 1. The highest BCUT2D eigenvalue weighted by molar-refractivity contribution is 6.30. The molecule has 0 saturated heterocycles. The molecule has 0 atom stereocenters. The van der Waals surface area contributed by atoms with Gasteiger partial charge >= 0.3 is 5.97 Å². The van der Waals surface area contributed by atoms with Crippen LogP contribution in [0.15, 0.2) is 48.5 Å². The second-order valence-corrected chi connectivity index (χ2v) is 6.65. The van der Waals surface area contributed by atoms with Crippen LogP contribution in [0, 0.1) is 0 Å². The lowest BCUT2D eigenvalue weighted by molar-refractivity contribution is -0.153. The van der Waals surface area contributed by atoms with E-state index in [1.54, 1.807) is 30.3 Å². The van der Waals surface area contributed by atoms with E-state index in [1.165, 1.54) is 11.9 Å². The van der Waals surface area contributed by atoms with Crippen molar-refractivity contribution >= 4 is 35.1 Å². The van der Waals surface area contributed by atoms with E-state index in [0.29, 0.717) is 16.5 Å². The van der Waals surface area contributed by atoms with Gasteiger partial charge in [-0.15, -0.1) is 0 Å². The Morgan fingerprint density at radius 2 is 1.83 bits per heavy atom. The molecule has 0 heterocycles. The van der Waals surface area contributed by atoms with Crippen molar-refractivity contribution in [1.29, 1.82) is 0 Å². The zero-order valence-corrected chi connectivity index (χ0v) is 17.1. The van der Waals surface area contributed by atoms with E-state index in [-0.39, 0.29) is 19.1 Å². The highest BCUT2D eigenvalue weighted by atomic mass is 35.5. The molecule has 0 bridgehead atoms. The van der Waals surface area contributed by atoms with Gasteiger partial charge in [0.25, 0.3) is 5.91 Å². The number of nitrogens with one attached hydrogen (secondary N) is 1. The number of hydrogen-bond acceptors (Lipinski definition) is 5. The van der Waals surface area contributed by atoms with Gasteiger partial charge in [-0.3, -0.25) is 9.59 Å². The third-order valence-electron chi connectivity index (χ3n) is 3.99. The van der Waals surface area contributed by atoms with Crippen molar-refractivity contribution in [2.45, 2.75) is 13.3 Å². The molecule has 0 aromatic heterocycles. The number of aryl methyl sites for hydroxylation is 1. The second-order valence-electron chi connectivity index (χ2n) is 6.22. The number of esters is 1. The molecule has 0 spiro atoms. The van der Waals surface area contributed by atoms with E-state index < -0.39 is 18.5 Å². The topological polar surface area (TPSA) is 84.9 Å². The number of likely N-dealkylation sites (N-methyl/N-ethyl adjacent to an activating group) is 1. The summed E-state index contributed by atoms with van der Waals surface area (Å²) in [5.74, 6) is -1.12. The molecule has 0 radical (unpaired) electrons. The van der Waals surface area contributed by atoms with Crippen LogP contribution >= 0.6 is 11.6 Å². The van der Waals surface area contributed by atoms with Crippen LogP contribution in [-0.4, -0.2) is 49.5 Å². The number of benzene rings is 2. The zero-order valence-electron chi connectivity index (χ0n) is 16.3. The van der Waals surface area contributed by atoms with Gasteiger partial charge in [-0.2, -0.15) is 0 Å². The predicted molar refractivity (Wildman–Crippen MR) is 110 cm³/mol. The van der Waals surface area contributed by atoms with Crippen molar-refractivity contribution in [3.05, 3.63) is 59.1 Å². The van der Waals surface area contributed by atoms with Gasteiger partial charge in [0, 0.05) is 17.8 Å². The van der Waals surface area contributed by atoms with Crippen molar-refractivity contribution in [3.8, 4) is 5.75 Å². The smallest absolute Gasteiger partial charge is 0.344 e. The van der Waals surface area contributed by atoms with Crippen LogP contribution in [0.1, 0.15) is 12.5 Å². The third kappa shape index (κ3) is 7.46. The molecule has 0 aliphatic rings. The molecule has 0 fully saturated rings. The van der Waals surface area contributed by atoms with Crippen molar-refractivity contribution in [1.82, 2.24) is 4.90 Å². The van der Waals surface area contributed by atoms with Gasteiger partial charge in [-0.05, 0) is 36.2 Å². The van der Waals surface area contributed by atoms with E-state index in [4.69, 9.17) is 21.1 Å². The molecule has 1 N–H and O–H groups in total. The molecule has 29 heavy (non-hydrogen) atoms. The highest BCUT2D eigenvalue weighted by Gasteiger charge is 2.16. The summed E-state index contributed by atoms with van der Waals surface area (Å²) >= 11 is 5.83. The number of carbonyl (C=O) groups excluding carboxylic acids is 3. The largest absolute Gasteiger partial charge is 0.482 e. The Labute approximate surface area is 174 Å². The molecule has 0 aliphatic carbocycles. The summed E-state index contributed by atoms with van der Waals surface area (Å²) in [5.41, 5.74) is 1.72. The Bertz CT molecular complexity index is 872. The fourth-order valence-electron chi connectivity index (χ4n) is 2.44. The molecule has 0 unspecified atom stereocenters. The van der Waals surface area contributed by atoms with Crippen LogP contribution in [-0.2, 0) is 25.5 Å². The van der Waals surface area contributed by atoms with E-state index in [0.717, 1.165) is 12.0 Å². The maximum Gasteiger partial charge on any atom is 0.344 e. The standard InChI is InChI=1S/C21H23ClN2O5/c1-3-15-7-4-5-10-18(15)23-19(25)12-24(2)20(26)13-29-21(27)14-28-17-9-6-8-16(22)11-17/h4-11H,3,12-14H2,1-2H3,(H,23,25). The molecule has 2 rings (SSSR count). The molecular weight excluding hydrogens is 396 g/mol. The number of carbonyl (C=O) groups is 3. The monoisotopic (exact) mass is 418 g/mol. The molecule has 0 aliphatic heterocycles. The van der Waals surface area contributed by atoms with Gasteiger partial charge in [0.2, 0.25) is 5.91 Å². The van der Waals surface area contributed by atoms with Gasteiger partial charge in [-0.25, -0.2) is 4.79 Å². The highest BCUT2D eigenvalue weighted by Crippen LogP contribution is 2.17. The van der Waals surface area contributed by atoms with Crippen molar-refractivity contribution in [2.24, 2.45) is 0 Å². The Kier molecular flexibility index (Phi) is 8.48. The third-order valence-corrected chi connectivity index (χ3v) is 4.22. The van der Waals surface area contributed by atoms with E-state index in [2.05, 4.69) is 5.32 Å². The lowest BCUT2D eigenvalue weighted by atomic mass is 10.1. The van der Waals surface area contributed by atoms with Crippen molar-refractivity contribution < 1.29 is 23.9 Å². The molecule has 2 aromatic carbocycles. The number of rotatable bonds is 9. The number of anilines is 1. The first-order valence-electron chi connectivity index (χ1n) is 9.04. The molecule has 0 saturated carbocycles. The van der Waals surface area contributed by atoms with Crippen LogP contribution in [0.3, 0.4) is 0 Å². The average molecular weight is 419 g/mol. The van der Waals surface area contributed by atoms with Crippen LogP contribution in [0.4, 0.5) is 5.69 Å². The molecule has 2 aromatic rings. The van der Waals surface area contributed by atoms with Crippen molar-refractivity contribution in [3.63, 3.8) is 0 Å². The number of amides is 2. The maximum atomic E-state index is 12.2. The molecule has 2 amide bonds. The molecule has 154 valence electrons. The summed E-state index contributed by atoms with van der Waals surface area (Å²) < 4.78 is 10.1. The summed E-state index contributed by atoms with van der Waals surface area (Å²) in [6, 6.07) is 14.0. The fourth-order valence-corrected chi connectivity index (χ4v) is 2.62. The minimum Gasteiger partial charge on any atom is -0.482 e. The van der Waals surface area contributed by atoms with Crippen LogP contribution in [0.2, 0.25) is 5.02 Å². The number of para-hydroxylation sites is 1. The summed E-state index contributed by atoms with van der Waals surface area (Å²) in [5, 5.41) is 3.26. The van der Waals surface area contributed by atoms with Gasteiger partial charge in [-0.1, -0.05) is 42.8 Å². The first-order valence-corrected chi connectivity index (χ1v) is 9.42. The van der Waals surface area contributed by atoms with Crippen LogP contribution in [0.5, 0.6) is 5.75 Å². The summed E-state index contributed by atoms with van der Waals surface area (Å²) in [6.45, 7) is 0.997. The second kappa shape index (κ2) is 11.1. The fraction of sp³-hybridized carbons (Fsp3) is 0.286. The predicted octanol–water partition coefficient (Wildman–Crippen LogP) is 2.92. The first kappa shape index (κ1) is 22.2. The van der Waals surface area contributed by atoms with E-state index in [9.17, 15) is 14.4 Å². The first-order chi connectivity index (χ1) is 13.9. The quantitative estimate of drug-likeness (QED) is 0.633. The van der Waals surface area contributed by atoms with Gasteiger partial charge in [0.05, 0.1) is 6.54 Å². The number of ether oxygens (including phenoxy) is 2. The molecule has 8 heteroatoms. The summed E-state index contributed by atoms with van der Waals surface area (Å²) in [6.07, 6.45) is 0.776. The van der Waals surface area contributed by atoms with E-state index in [1.807, 2.05) is 25.1 Å². The molecular formula is C21H23ClN2O5. The summed E-state index contributed by atoms with van der Waals surface area (Å²) in [7, 11) is 1.46. The number of hydrogen-bond donors (Lipinski definition) is 1. The van der Waals surface area contributed by atoms with Crippen LogP contribution in [0.25, 0.3) is 0 Å². The maximum absolute atomic E-state index is 12.2. The Morgan fingerprint density at radius 1 is 1.07 bits per heavy atom. The van der Waals surface area contributed by atoms with E-state index >= 15 is 0 Å².